The van der Waals surface area contributed by atoms with Crippen LogP contribution in [0.4, 0.5) is 5.95 Å². The maximum absolute atomic E-state index is 6.35. The van der Waals surface area contributed by atoms with Crippen molar-refractivity contribution in [3.8, 4) is 0 Å². The quantitative estimate of drug-likeness (QED) is 0.851. The van der Waals surface area contributed by atoms with Crippen LogP contribution in [0.3, 0.4) is 0 Å². The SMILES string of the molecule is CN(c1ncccn1)[C@H]1CO[C@]2(CCCN(Cc3ccccn3)C2)C1. The number of ether oxygens (including phenoxy) is 1. The van der Waals surface area contributed by atoms with Crippen molar-refractivity contribution in [2.75, 3.05) is 31.6 Å². The van der Waals surface area contributed by atoms with Crippen molar-refractivity contribution in [2.45, 2.75) is 37.5 Å². The summed E-state index contributed by atoms with van der Waals surface area (Å²) in [7, 11) is 2.07. The lowest BCUT2D eigenvalue weighted by atomic mass is 9.88. The molecule has 1 spiro atoms. The molecule has 2 aliphatic rings. The molecular formula is C19H25N5O. The minimum Gasteiger partial charge on any atom is -0.371 e. The highest BCUT2D eigenvalue weighted by Gasteiger charge is 2.44. The van der Waals surface area contributed by atoms with Crippen LogP contribution in [0, 0.1) is 0 Å². The van der Waals surface area contributed by atoms with E-state index in [1.165, 1.54) is 6.42 Å². The molecule has 0 amide bonds. The first-order valence-electron chi connectivity index (χ1n) is 9.00. The number of hydrogen-bond acceptors (Lipinski definition) is 6. The van der Waals surface area contributed by atoms with Crippen LogP contribution in [0.1, 0.15) is 25.0 Å². The Morgan fingerprint density at radius 2 is 2.04 bits per heavy atom. The van der Waals surface area contributed by atoms with Crippen molar-refractivity contribution >= 4 is 5.95 Å². The summed E-state index contributed by atoms with van der Waals surface area (Å²) in [5.41, 5.74) is 1.09. The molecule has 6 nitrogen and oxygen atoms in total. The maximum Gasteiger partial charge on any atom is 0.225 e. The Morgan fingerprint density at radius 1 is 1.20 bits per heavy atom. The molecule has 132 valence electrons. The van der Waals surface area contributed by atoms with Crippen molar-refractivity contribution in [3.05, 3.63) is 48.5 Å². The van der Waals surface area contributed by atoms with Gasteiger partial charge in [0.1, 0.15) is 0 Å². The molecule has 2 aliphatic heterocycles. The van der Waals surface area contributed by atoms with Gasteiger partial charge in [-0.15, -0.1) is 0 Å². The van der Waals surface area contributed by atoms with Crippen molar-refractivity contribution < 1.29 is 4.74 Å². The summed E-state index contributed by atoms with van der Waals surface area (Å²) in [5.74, 6) is 0.773. The Balaban J connectivity index is 1.40. The smallest absolute Gasteiger partial charge is 0.225 e. The highest BCUT2D eigenvalue weighted by Crippen LogP contribution is 2.37. The minimum atomic E-state index is -0.0409. The predicted octanol–water partition coefficient (Wildman–Crippen LogP) is 2.13. The van der Waals surface area contributed by atoms with Gasteiger partial charge in [0.15, 0.2) is 0 Å². The zero-order chi connectivity index (χ0) is 17.1. The highest BCUT2D eigenvalue weighted by atomic mass is 16.5. The van der Waals surface area contributed by atoms with Crippen molar-refractivity contribution in [3.63, 3.8) is 0 Å². The van der Waals surface area contributed by atoms with Gasteiger partial charge in [0, 0.05) is 45.1 Å². The second kappa shape index (κ2) is 7.06. The predicted molar refractivity (Wildman–Crippen MR) is 96.3 cm³/mol. The normalized spacial score (nSPS) is 26.8. The molecule has 2 atom stereocenters. The Bertz CT molecular complexity index is 683. The van der Waals surface area contributed by atoms with Gasteiger partial charge in [0.05, 0.1) is 23.9 Å². The fourth-order valence-corrected chi connectivity index (χ4v) is 4.04. The van der Waals surface area contributed by atoms with Gasteiger partial charge in [-0.1, -0.05) is 6.07 Å². The van der Waals surface area contributed by atoms with Gasteiger partial charge >= 0.3 is 0 Å². The lowest BCUT2D eigenvalue weighted by molar-refractivity contribution is -0.0535. The van der Waals surface area contributed by atoms with Gasteiger partial charge in [-0.25, -0.2) is 9.97 Å². The number of nitrogens with zero attached hydrogens (tertiary/aromatic N) is 5. The number of pyridine rings is 1. The highest BCUT2D eigenvalue weighted by molar-refractivity contribution is 5.30. The van der Waals surface area contributed by atoms with Crippen LogP contribution in [0.15, 0.2) is 42.9 Å². The van der Waals surface area contributed by atoms with E-state index in [1.807, 2.05) is 18.3 Å². The van der Waals surface area contributed by atoms with Crippen LogP contribution >= 0.6 is 0 Å². The largest absolute Gasteiger partial charge is 0.371 e. The lowest BCUT2D eigenvalue weighted by Gasteiger charge is -2.39. The third kappa shape index (κ3) is 3.65. The molecule has 0 aromatic carbocycles. The first-order valence-corrected chi connectivity index (χ1v) is 9.00. The lowest BCUT2D eigenvalue weighted by Crippen LogP contribution is -2.48. The van der Waals surface area contributed by atoms with Gasteiger partial charge in [0.25, 0.3) is 0 Å². The monoisotopic (exact) mass is 339 g/mol. The summed E-state index contributed by atoms with van der Waals surface area (Å²) < 4.78 is 6.35. The first-order chi connectivity index (χ1) is 12.2. The number of aromatic nitrogens is 3. The van der Waals surface area contributed by atoms with Crippen molar-refractivity contribution in [2.24, 2.45) is 0 Å². The third-order valence-corrected chi connectivity index (χ3v) is 5.34. The van der Waals surface area contributed by atoms with Gasteiger partial charge in [-0.2, -0.15) is 0 Å². The third-order valence-electron chi connectivity index (χ3n) is 5.34. The second-order valence-electron chi connectivity index (χ2n) is 7.15. The van der Waals surface area contributed by atoms with Gasteiger partial charge < -0.3 is 9.64 Å². The molecule has 2 fully saturated rings. The first kappa shape index (κ1) is 16.4. The second-order valence-corrected chi connectivity index (χ2v) is 7.15. The van der Waals surface area contributed by atoms with Gasteiger partial charge in [-0.05, 0) is 37.6 Å². The minimum absolute atomic E-state index is 0.0409. The zero-order valence-corrected chi connectivity index (χ0v) is 14.7. The van der Waals surface area contributed by atoms with E-state index in [0.717, 1.165) is 50.7 Å². The average molecular weight is 339 g/mol. The van der Waals surface area contributed by atoms with E-state index in [1.54, 1.807) is 12.4 Å². The molecular weight excluding hydrogens is 314 g/mol. The molecule has 4 rings (SSSR count). The Labute approximate surface area is 148 Å². The van der Waals surface area contributed by atoms with E-state index in [0.29, 0.717) is 6.04 Å². The summed E-state index contributed by atoms with van der Waals surface area (Å²) in [6, 6.07) is 8.30. The maximum atomic E-state index is 6.35. The number of piperidine rings is 1. The number of likely N-dealkylation sites (tertiary alicyclic amines) is 1. The molecule has 0 N–H and O–H groups in total. The van der Waals surface area contributed by atoms with Crippen molar-refractivity contribution in [1.29, 1.82) is 0 Å². The molecule has 0 bridgehead atoms. The van der Waals surface area contributed by atoms with Crippen LogP contribution in [0.2, 0.25) is 0 Å². The molecule has 6 heteroatoms. The summed E-state index contributed by atoms with van der Waals surface area (Å²) >= 11 is 0. The Morgan fingerprint density at radius 3 is 2.84 bits per heavy atom. The van der Waals surface area contributed by atoms with E-state index in [-0.39, 0.29) is 5.60 Å². The van der Waals surface area contributed by atoms with Crippen LogP contribution in [0.25, 0.3) is 0 Å². The van der Waals surface area contributed by atoms with E-state index in [9.17, 15) is 0 Å². The average Bonchev–Trinajstić information content (AvgIpc) is 3.06. The van der Waals surface area contributed by atoms with Crippen LogP contribution in [0.5, 0.6) is 0 Å². The zero-order valence-electron chi connectivity index (χ0n) is 14.7. The summed E-state index contributed by atoms with van der Waals surface area (Å²) in [6.45, 7) is 3.73. The summed E-state index contributed by atoms with van der Waals surface area (Å²) in [6.07, 6.45) is 8.78. The molecule has 0 radical (unpaired) electrons. The molecule has 0 aliphatic carbocycles. The molecule has 2 saturated heterocycles. The van der Waals surface area contributed by atoms with Crippen LogP contribution in [-0.2, 0) is 11.3 Å². The van der Waals surface area contributed by atoms with Crippen molar-refractivity contribution in [1.82, 2.24) is 19.9 Å². The van der Waals surface area contributed by atoms with Crippen LogP contribution in [-0.4, -0.2) is 58.2 Å². The number of rotatable bonds is 4. The van der Waals surface area contributed by atoms with E-state index >= 15 is 0 Å². The van der Waals surface area contributed by atoms with E-state index in [4.69, 9.17) is 4.74 Å². The molecule has 0 unspecified atom stereocenters. The molecule has 0 saturated carbocycles. The number of hydrogen-bond donors (Lipinski definition) is 0. The topological polar surface area (TPSA) is 54.4 Å². The standard InChI is InChI=1S/C19H25N5O/c1-23(18-21-9-5-10-22-18)17-12-19(25-14-17)7-4-11-24(15-19)13-16-6-2-3-8-20-16/h2-3,5-6,8-10,17H,4,7,11-15H2,1H3/t17-,19-/m1/s1. The summed E-state index contributed by atoms with van der Waals surface area (Å²) in [4.78, 5) is 17.8. The fraction of sp³-hybridized carbons (Fsp3) is 0.526. The summed E-state index contributed by atoms with van der Waals surface area (Å²) in [5, 5.41) is 0. The fourth-order valence-electron chi connectivity index (χ4n) is 4.04. The molecule has 2 aromatic rings. The van der Waals surface area contributed by atoms with E-state index in [2.05, 4.69) is 43.9 Å². The Kier molecular flexibility index (Phi) is 4.63. The Hall–Kier alpha value is -2.05. The molecule has 25 heavy (non-hydrogen) atoms. The number of anilines is 1. The molecule has 4 heterocycles. The van der Waals surface area contributed by atoms with Gasteiger partial charge in [0.2, 0.25) is 5.95 Å². The van der Waals surface area contributed by atoms with Crippen LogP contribution < -0.4 is 4.90 Å². The van der Waals surface area contributed by atoms with E-state index < -0.39 is 0 Å². The van der Waals surface area contributed by atoms with Gasteiger partial charge in [-0.3, -0.25) is 9.88 Å². The molecule has 2 aromatic heterocycles. The number of likely N-dealkylation sites (N-methyl/N-ethyl adjacent to an activating group) is 1.